The Morgan fingerprint density at radius 2 is 1.88 bits per heavy atom. The summed E-state index contributed by atoms with van der Waals surface area (Å²) in [5, 5.41) is 12.5. The molecule has 0 spiro atoms. The van der Waals surface area contributed by atoms with Crippen LogP contribution in [-0.4, -0.2) is 36.4 Å². The van der Waals surface area contributed by atoms with Gasteiger partial charge in [0, 0.05) is 32.3 Å². The molecule has 34 heavy (non-hydrogen) atoms. The molecule has 1 N–H and O–H groups in total. The van der Waals surface area contributed by atoms with Gasteiger partial charge in [-0.2, -0.15) is 0 Å². The molecular formula is C29H35NO4. The molecule has 2 aliphatic rings. The molecule has 0 radical (unpaired) electrons. The summed E-state index contributed by atoms with van der Waals surface area (Å²) in [6.07, 6.45) is 15.7. The summed E-state index contributed by atoms with van der Waals surface area (Å²) in [5.41, 5.74) is 3.43. The number of hydrogen-bond donors (Lipinski definition) is 1. The third-order valence-electron chi connectivity index (χ3n) is 6.96. The second kappa shape index (κ2) is 12.0. The number of allylic oxidation sites excluding steroid dienone is 2. The number of esters is 1. The number of para-hydroxylation sites is 1. The molecule has 2 aliphatic carbocycles. The van der Waals surface area contributed by atoms with Crippen molar-refractivity contribution >= 4 is 18.1 Å². The van der Waals surface area contributed by atoms with Crippen LogP contribution in [0.3, 0.4) is 0 Å². The number of methoxy groups -OCH3 is 1. The van der Waals surface area contributed by atoms with Gasteiger partial charge in [0.15, 0.2) is 0 Å². The van der Waals surface area contributed by atoms with Crippen LogP contribution in [0, 0.1) is 5.92 Å². The molecule has 5 nitrogen and oxygen atoms in total. The zero-order chi connectivity index (χ0) is 23.8. The Hall–Kier alpha value is -2.92. The number of ether oxygens (including phenoxy) is 2. The molecule has 2 aromatic rings. The molecule has 0 bridgehead atoms. The second-order valence-corrected chi connectivity index (χ2v) is 9.25. The number of aryl methyl sites for hydroxylation is 1. The number of aromatic hydroxyl groups is 1. The fraction of sp³-hybridized carbons (Fsp3) is 0.448. The first-order chi connectivity index (χ1) is 16.7. The van der Waals surface area contributed by atoms with E-state index in [1.54, 1.807) is 13.2 Å². The zero-order valence-corrected chi connectivity index (χ0v) is 20.0. The number of carbonyl (C=O) groups excluding carboxylic acids is 1. The highest BCUT2D eigenvalue weighted by molar-refractivity contribution is 5.72. The van der Waals surface area contributed by atoms with Gasteiger partial charge in [-0.1, -0.05) is 42.0 Å². The molecule has 0 amide bonds. The van der Waals surface area contributed by atoms with Gasteiger partial charge in [-0.15, -0.1) is 0 Å². The summed E-state index contributed by atoms with van der Waals surface area (Å²) in [5.74, 6) is 0.677. The van der Waals surface area contributed by atoms with Crippen LogP contribution in [0.2, 0.25) is 0 Å². The number of rotatable bonds is 9. The van der Waals surface area contributed by atoms with Gasteiger partial charge in [0.05, 0.1) is 18.2 Å². The Kier molecular flexibility index (Phi) is 8.53. The van der Waals surface area contributed by atoms with Gasteiger partial charge >= 0.3 is 5.97 Å². The molecule has 4 rings (SSSR count). The Balaban J connectivity index is 1.40. The average molecular weight is 462 g/mol. The van der Waals surface area contributed by atoms with E-state index in [0.717, 1.165) is 62.6 Å². The maximum absolute atomic E-state index is 12.4. The molecular weight excluding hydrogens is 426 g/mol. The van der Waals surface area contributed by atoms with Crippen LogP contribution in [0.4, 0.5) is 0 Å². The largest absolute Gasteiger partial charge is 0.508 e. The highest BCUT2D eigenvalue weighted by atomic mass is 16.5. The third-order valence-corrected chi connectivity index (χ3v) is 6.96. The quantitative estimate of drug-likeness (QED) is 0.449. The van der Waals surface area contributed by atoms with Gasteiger partial charge in [-0.05, 0) is 73.1 Å². The normalized spacial score (nSPS) is 19.7. The minimum Gasteiger partial charge on any atom is -0.508 e. The van der Waals surface area contributed by atoms with Crippen LogP contribution in [0.1, 0.15) is 62.1 Å². The minimum absolute atomic E-state index is 0.000625. The molecule has 0 saturated heterocycles. The number of phenols is 1. The lowest BCUT2D eigenvalue weighted by Gasteiger charge is -2.27. The molecule has 1 heterocycles. The van der Waals surface area contributed by atoms with Crippen LogP contribution in [0.15, 0.2) is 48.2 Å². The zero-order valence-electron chi connectivity index (χ0n) is 20.0. The summed E-state index contributed by atoms with van der Waals surface area (Å²) in [6.45, 7) is 1.05. The summed E-state index contributed by atoms with van der Waals surface area (Å²) in [4.78, 5) is 17.2. The number of aromatic nitrogens is 1. The second-order valence-electron chi connectivity index (χ2n) is 9.25. The standard InChI is InChI=1S/C29H35NO4/c1-33-18-5-19-34-29(32)24-14-12-23(13-15-24)28-26-8-4-6-21(20-25(26)16-17-30-28)10-11-22-7-2-3-9-27(22)31/h2-3,6-9,16-17,20,23-24,31H,4-5,10-15,18-19H2,1H3. The van der Waals surface area contributed by atoms with Crippen molar-refractivity contribution in [3.05, 3.63) is 69.9 Å². The van der Waals surface area contributed by atoms with Gasteiger partial charge < -0.3 is 14.6 Å². The van der Waals surface area contributed by atoms with Crippen LogP contribution in [0.25, 0.3) is 12.2 Å². The van der Waals surface area contributed by atoms with E-state index in [4.69, 9.17) is 14.5 Å². The lowest BCUT2D eigenvalue weighted by Crippen LogP contribution is -2.33. The van der Waals surface area contributed by atoms with Crippen molar-refractivity contribution in [1.82, 2.24) is 4.98 Å². The fourth-order valence-electron chi connectivity index (χ4n) is 5.04. The number of fused-ring (bicyclic) bond motifs is 1. The van der Waals surface area contributed by atoms with Crippen molar-refractivity contribution in [2.45, 2.75) is 57.3 Å². The predicted octanol–water partition coefficient (Wildman–Crippen LogP) is 4.16. The summed E-state index contributed by atoms with van der Waals surface area (Å²) in [6, 6.07) is 9.65. The van der Waals surface area contributed by atoms with Crippen LogP contribution in [0.5, 0.6) is 5.75 Å². The van der Waals surface area contributed by atoms with E-state index >= 15 is 0 Å². The summed E-state index contributed by atoms with van der Waals surface area (Å²) < 4.78 is 10.5. The van der Waals surface area contributed by atoms with Gasteiger partial charge in [0.25, 0.3) is 0 Å². The van der Waals surface area contributed by atoms with E-state index in [9.17, 15) is 9.90 Å². The number of pyridine rings is 1. The van der Waals surface area contributed by atoms with E-state index in [-0.39, 0.29) is 11.9 Å². The van der Waals surface area contributed by atoms with Crippen molar-refractivity contribution in [3.8, 4) is 5.75 Å². The molecule has 1 saturated carbocycles. The Labute approximate surface area is 201 Å². The minimum atomic E-state index is -0.0624. The maximum atomic E-state index is 12.4. The molecule has 1 aromatic carbocycles. The number of carbonyl (C=O) groups is 1. The van der Waals surface area contributed by atoms with Gasteiger partial charge in [0.2, 0.25) is 0 Å². The summed E-state index contributed by atoms with van der Waals surface area (Å²) >= 11 is 0. The van der Waals surface area contributed by atoms with Crippen molar-refractivity contribution < 1.29 is 19.4 Å². The van der Waals surface area contributed by atoms with Crippen LogP contribution in [-0.2, 0) is 20.7 Å². The Bertz CT molecular complexity index is 1130. The highest BCUT2D eigenvalue weighted by Crippen LogP contribution is 2.34. The monoisotopic (exact) mass is 461 g/mol. The van der Waals surface area contributed by atoms with Crippen molar-refractivity contribution in [2.75, 3.05) is 20.3 Å². The number of benzene rings is 1. The lowest BCUT2D eigenvalue weighted by molar-refractivity contribution is -0.150. The molecule has 0 aliphatic heterocycles. The van der Waals surface area contributed by atoms with Crippen molar-refractivity contribution in [2.24, 2.45) is 5.92 Å². The van der Waals surface area contributed by atoms with E-state index in [0.29, 0.717) is 24.9 Å². The molecule has 0 unspecified atom stereocenters. The summed E-state index contributed by atoms with van der Waals surface area (Å²) in [7, 11) is 1.66. The number of phenolic OH excluding ortho intramolecular Hbond substituents is 1. The molecule has 180 valence electrons. The van der Waals surface area contributed by atoms with Gasteiger partial charge in [-0.25, -0.2) is 0 Å². The smallest absolute Gasteiger partial charge is 0.308 e. The molecule has 1 fully saturated rings. The number of nitrogens with zero attached hydrogens (tertiary/aromatic N) is 1. The topological polar surface area (TPSA) is 68.7 Å². The van der Waals surface area contributed by atoms with E-state index in [2.05, 4.69) is 24.3 Å². The lowest BCUT2D eigenvalue weighted by atomic mass is 9.79. The third kappa shape index (κ3) is 6.15. The SMILES string of the molecule is COCCCOC(=O)C1CCC(c2nccc3c2=CCC=C(CCc2ccccc2O)C=3)CC1. The Morgan fingerprint density at radius 1 is 1.06 bits per heavy atom. The molecule has 0 atom stereocenters. The molecule has 5 heteroatoms. The Morgan fingerprint density at radius 3 is 2.68 bits per heavy atom. The first-order valence-electron chi connectivity index (χ1n) is 12.4. The van der Waals surface area contributed by atoms with E-state index < -0.39 is 0 Å². The van der Waals surface area contributed by atoms with E-state index in [1.807, 2.05) is 24.4 Å². The maximum Gasteiger partial charge on any atom is 0.308 e. The van der Waals surface area contributed by atoms with Crippen molar-refractivity contribution in [3.63, 3.8) is 0 Å². The first kappa shape index (κ1) is 24.2. The highest BCUT2D eigenvalue weighted by Gasteiger charge is 2.29. The first-order valence-corrected chi connectivity index (χ1v) is 12.4. The number of hydrogen-bond acceptors (Lipinski definition) is 5. The predicted molar refractivity (Wildman–Crippen MR) is 134 cm³/mol. The fourth-order valence-corrected chi connectivity index (χ4v) is 5.04. The van der Waals surface area contributed by atoms with Gasteiger partial charge in [0.1, 0.15) is 5.75 Å². The van der Waals surface area contributed by atoms with E-state index in [1.165, 1.54) is 16.0 Å². The van der Waals surface area contributed by atoms with Crippen LogP contribution >= 0.6 is 0 Å². The van der Waals surface area contributed by atoms with Crippen LogP contribution < -0.4 is 10.4 Å². The van der Waals surface area contributed by atoms with Crippen molar-refractivity contribution in [1.29, 1.82) is 0 Å². The van der Waals surface area contributed by atoms with Gasteiger partial charge in [-0.3, -0.25) is 9.78 Å². The average Bonchev–Trinajstić information content (AvgIpc) is 3.08. The molecule has 1 aromatic heterocycles.